The van der Waals surface area contributed by atoms with E-state index in [1.54, 1.807) is 19.1 Å². The number of alkyl halides is 1. The number of nitrogens with one attached hydrogen (secondary N) is 1. The zero-order valence-corrected chi connectivity index (χ0v) is 10.9. The highest BCUT2D eigenvalue weighted by Gasteiger charge is 2.10. The van der Waals surface area contributed by atoms with Gasteiger partial charge in [-0.15, -0.1) is 11.6 Å². The Kier molecular flexibility index (Phi) is 4.44. The molecular weight excluding hydrogens is 247 g/mol. The number of halogens is 2. The van der Waals surface area contributed by atoms with Crippen molar-refractivity contribution in [2.24, 2.45) is 0 Å². The summed E-state index contributed by atoms with van der Waals surface area (Å²) in [5.41, 5.74) is 1.55. The van der Waals surface area contributed by atoms with Crippen molar-refractivity contribution < 1.29 is 4.79 Å². The molecule has 0 aromatic heterocycles. The molecule has 1 atom stereocenters. The molecule has 1 N–H and O–H groups in total. The molecule has 16 heavy (non-hydrogen) atoms. The SMILES string of the molecule is CC(Cl)C(=O)Nc1ccc(N(C)C)c(Cl)c1. The molecule has 0 spiro atoms. The summed E-state index contributed by atoms with van der Waals surface area (Å²) in [5, 5.41) is 2.70. The largest absolute Gasteiger partial charge is 0.376 e. The minimum Gasteiger partial charge on any atom is -0.376 e. The van der Waals surface area contributed by atoms with Gasteiger partial charge in [-0.2, -0.15) is 0 Å². The van der Waals surface area contributed by atoms with E-state index in [9.17, 15) is 4.79 Å². The molecule has 1 aromatic rings. The highest BCUT2D eigenvalue weighted by molar-refractivity contribution is 6.34. The number of carbonyl (C=O) groups is 1. The Bertz CT molecular complexity index is 392. The molecule has 3 nitrogen and oxygen atoms in total. The van der Waals surface area contributed by atoms with Crippen molar-refractivity contribution in [3.63, 3.8) is 0 Å². The van der Waals surface area contributed by atoms with Gasteiger partial charge in [0.1, 0.15) is 5.38 Å². The third-order valence-electron chi connectivity index (χ3n) is 2.06. The first-order valence-electron chi connectivity index (χ1n) is 4.83. The Morgan fingerprint density at radius 3 is 2.50 bits per heavy atom. The third kappa shape index (κ3) is 3.29. The predicted molar refractivity (Wildman–Crippen MR) is 69.7 cm³/mol. The quantitative estimate of drug-likeness (QED) is 0.848. The molecule has 0 saturated carbocycles. The summed E-state index contributed by atoms with van der Waals surface area (Å²) >= 11 is 11.7. The van der Waals surface area contributed by atoms with Gasteiger partial charge in [0.05, 0.1) is 10.7 Å². The lowest BCUT2D eigenvalue weighted by Crippen LogP contribution is -2.20. The van der Waals surface area contributed by atoms with Gasteiger partial charge in [0.25, 0.3) is 0 Å². The van der Waals surface area contributed by atoms with Gasteiger partial charge in [-0.05, 0) is 25.1 Å². The molecule has 1 unspecified atom stereocenters. The van der Waals surface area contributed by atoms with Crippen molar-refractivity contribution >= 4 is 40.5 Å². The molecule has 88 valence electrons. The number of hydrogen-bond donors (Lipinski definition) is 1. The molecule has 5 heteroatoms. The normalized spacial score (nSPS) is 12.1. The average Bonchev–Trinajstić information content (AvgIpc) is 2.16. The Labute approximate surface area is 105 Å². The van der Waals surface area contributed by atoms with Crippen LogP contribution in [0.2, 0.25) is 5.02 Å². The molecule has 0 aliphatic rings. The molecular formula is C11H14Cl2N2O. The van der Waals surface area contributed by atoms with E-state index in [4.69, 9.17) is 23.2 Å². The summed E-state index contributed by atoms with van der Waals surface area (Å²) in [5.74, 6) is -0.240. The first-order valence-corrected chi connectivity index (χ1v) is 5.65. The van der Waals surface area contributed by atoms with Gasteiger partial charge in [-0.1, -0.05) is 11.6 Å². The maximum absolute atomic E-state index is 11.3. The lowest BCUT2D eigenvalue weighted by molar-refractivity contribution is -0.115. The molecule has 1 amide bonds. The van der Waals surface area contributed by atoms with Gasteiger partial charge in [-0.25, -0.2) is 0 Å². The predicted octanol–water partition coefficient (Wildman–Crippen LogP) is 2.97. The van der Waals surface area contributed by atoms with Gasteiger partial charge in [0.15, 0.2) is 0 Å². The second-order valence-corrected chi connectivity index (χ2v) is 4.73. The Morgan fingerprint density at radius 2 is 2.06 bits per heavy atom. The van der Waals surface area contributed by atoms with Crippen LogP contribution in [0.1, 0.15) is 6.92 Å². The number of nitrogens with zero attached hydrogens (tertiary/aromatic N) is 1. The summed E-state index contributed by atoms with van der Waals surface area (Å²) in [6.45, 7) is 1.62. The van der Waals surface area contributed by atoms with Gasteiger partial charge in [0.2, 0.25) is 5.91 Å². The van der Waals surface area contributed by atoms with Crippen LogP contribution >= 0.6 is 23.2 Å². The van der Waals surface area contributed by atoms with Crippen LogP contribution in [0, 0.1) is 0 Å². The van der Waals surface area contributed by atoms with Gasteiger partial charge in [-0.3, -0.25) is 4.79 Å². The molecule has 1 aromatic carbocycles. The molecule has 0 fully saturated rings. The van der Waals surface area contributed by atoms with E-state index in [0.717, 1.165) is 5.69 Å². The molecule has 0 aliphatic carbocycles. The van der Waals surface area contributed by atoms with Crippen LogP contribution in [-0.4, -0.2) is 25.4 Å². The molecule has 0 bridgehead atoms. The van der Waals surface area contributed by atoms with Crippen molar-refractivity contribution in [1.29, 1.82) is 0 Å². The minimum absolute atomic E-state index is 0.240. The van der Waals surface area contributed by atoms with E-state index in [0.29, 0.717) is 10.7 Å². The Balaban J connectivity index is 2.85. The lowest BCUT2D eigenvalue weighted by Gasteiger charge is -2.15. The van der Waals surface area contributed by atoms with Gasteiger partial charge in [0, 0.05) is 19.8 Å². The number of hydrogen-bond acceptors (Lipinski definition) is 2. The summed E-state index contributed by atoms with van der Waals surface area (Å²) in [4.78, 5) is 13.2. The number of carbonyl (C=O) groups excluding carboxylic acids is 1. The minimum atomic E-state index is -0.563. The van der Waals surface area contributed by atoms with E-state index in [1.165, 1.54) is 0 Å². The fourth-order valence-electron chi connectivity index (χ4n) is 1.19. The van der Waals surface area contributed by atoms with Crippen LogP contribution in [0.4, 0.5) is 11.4 Å². The summed E-state index contributed by atoms with van der Waals surface area (Å²) in [6, 6.07) is 5.34. The average molecular weight is 261 g/mol. The third-order valence-corrected chi connectivity index (χ3v) is 2.56. The van der Waals surface area contributed by atoms with Crippen LogP contribution < -0.4 is 10.2 Å². The van der Waals surface area contributed by atoms with E-state index < -0.39 is 5.38 Å². The molecule has 1 rings (SSSR count). The molecule has 0 saturated heterocycles. The van der Waals surface area contributed by atoms with E-state index in [-0.39, 0.29) is 5.91 Å². The zero-order chi connectivity index (χ0) is 12.3. The number of anilines is 2. The van der Waals surface area contributed by atoms with E-state index >= 15 is 0 Å². The van der Waals surface area contributed by atoms with Crippen LogP contribution in [0.5, 0.6) is 0 Å². The van der Waals surface area contributed by atoms with Crippen LogP contribution in [-0.2, 0) is 4.79 Å². The monoisotopic (exact) mass is 260 g/mol. The van der Waals surface area contributed by atoms with Crippen molar-refractivity contribution in [2.45, 2.75) is 12.3 Å². The molecule has 0 aliphatic heterocycles. The van der Waals surface area contributed by atoms with Crippen LogP contribution in [0.25, 0.3) is 0 Å². The maximum Gasteiger partial charge on any atom is 0.242 e. The highest BCUT2D eigenvalue weighted by atomic mass is 35.5. The summed E-state index contributed by atoms with van der Waals surface area (Å²) in [7, 11) is 3.81. The standard InChI is InChI=1S/C11H14Cl2N2O/c1-7(12)11(16)14-8-4-5-10(15(2)3)9(13)6-8/h4-7H,1-3H3,(H,14,16). The topological polar surface area (TPSA) is 32.3 Å². The van der Waals surface area contributed by atoms with Gasteiger partial charge < -0.3 is 10.2 Å². The lowest BCUT2D eigenvalue weighted by atomic mass is 10.2. The fraction of sp³-hybridized carbons (Fsp3) is 0.364. The van der Waals surface area contributed by atoms with Crippen molar-refractivity contribution in [3.8, 4) is 0 Å². The second kappa shape index (κ2) is 5.41. The molecule has 0 radical (unpaired) electrons. The smallest absolute Gasteiger partial charge is 0.242 e. The number of amides is 1. The Morgan fingerprint density at radius 1 is 1.44 bits per heavy atom. The zero-order valence-electron chi connectivity index (χ0n) is 9.42. The first-order chi connectivity index (χ1) is 7.41. The second-order valence-electron chi connectivity index (χ2n) is 3.67. The highest BCUT2D eigenvalue weighted by Crippen LogP contribution is 2.27. The maximum atomic E-state index is 11.3. The van der Waals surface area contributed by atoms with Crippen LogP contribution in [0.3, 0.4) is 0 Å². The Hall–Kier alpha value is -0.930. The van der Waals surface area contributed by atoms with Crippen molar-refractivity contribution in [1.82, 2.24) is 0 Å². The number of benzene rings is 1. The summed E-state index contributed by atoms with van der Waals surface area (Å²) < 4.78 is 0. The van der Waals surface area contributed by atoms with Crippen LogP contribution in [0.15, 0.2) is 18.2 Å². The fourth-order valence-corrected chi connectivity index (χ4v) is 1.59. The summed E-state index contributed by atoms with van der Waals surface area (Å²) in [6.07, 6.45) is 0. The van der Waals surface area contributed by atoms with Crippen molar-refractivity contribution in [3.05, 3.63) is 23.2 Å². The van der Waals surface area contributed by atoms with Crippen molar-refractivity contribution in [2.75, 3.05) is 24.3 Å². The van der Waals surface area contributed by atoms with E-state index in [2.05, 4.69) is 5.32 Å². The number of rotatable bonds is 3. The first kappa shape index (κ1) is 13.1. The molecule has 0 heterocycles. The van der Waals surface area contributed by atoms with Gasteiger partial charge >= 0.3 is 0 Å². The van der Waals surface area contributed by atoms with E-state index in [1.807, 2.05) is 25.1 Å².